The van der Waals surface area contributed by atoms with Gasteiger partial charge in [-0.05, 0) is 86.3 Å². The number of rotatable bonds is 10. The first-order chi connectivity index (χ1) is 23.4. The predicted octanol–water partition coefficient (Wildman–Crippen LogP) is 7.49. The van der Waals surface area contributed by atoms with Crippen molar-refractivity contribution in [3.63, 3.8) is 0 Å². The van der Waals surface area contributed by atoms with Gasteiger partial charge in [-0.2, -0.15) is 13.2 Å². The Hall–Kier alpha value is -5.07. The van der Waals surface area contributed by atoms with Crippen molar-refractivity contribution in [3.8, 4) is 17.2 Å². The van der Waals surface area contributed by atoms with Crippen LogP contribution in [0.4, 0.5) is 29.3 Å². The van der Waals surface area contributed by atoms with E-state index in [0.29, 0.717) is 25.4 Å². The van der Waals surface area contributed by atoms with Crippen molar-refractivity contribution in [2.45, 2.75) is 38.7 Å². The Kier molecular flexibility index (Phi) is 11.1. The number of halogens is 3. The largest absolute Gasteiger partial charge is 0.488 e. The number of aliphatic hydroxyl groups is 1. The smallest absolute Gasteiger partial charge is 0.416 e. The maximum atomic E-state index is 13.8. The molecule has 12 heteroatoms. The minimum atomic E-state index is -4.49. The average Bonchev–Trinajstić information content (AvgIpc) is 3.07. The van der Waals surface area contributed by atoms with Gasteiger partial charge in [0.05, 0.1) is 23.8 Å². The molecule has 0 unspecified atom stereocenters. The molecule has 0 radical (unpaired) electrons. The van der Waals surface area contributed by atoms with Crippen LogP contribution in [0.1, 0.15) is 35.3 Å². The summed E-state index contributed by atoms with van der Waals surface area (Å²) in [6.07, 6.45) is -4.82. The Balaban J connectivity index is 1.28. The third-order valence-electron chi connectivity index (χ3n) is 8.24. The van der Waals surface area contributed by atoms with Crippen molar-refractivity contribution < 1.29 is 37.3 Å². The van der Waals surface area contributed by atoms with Crippen molar-refractivity contribution in [3.05, 3.63) is 114 Å². The number of ether oxygens (including phenoxy) is 2. The Bertz CT molecular complexity index is 1720. The second kappa shape index (κ2) is 15.4. The molecule has 5 rings (SSSR count). The summed E-state index contributed by atoms with van der Waals surface area (Å²) in [6, 6.07) is 25.0. The minimum Gasteiger partial charge on any atom is -0.488 e. The SMILES string of the molecule is C[C@H]1CN([C@@H](C)CO)C(=O)c2cc(NC(=O)Nc3ccc(C(F)(F)F)cc3)ccc2O[C@H]1CN(C)Cc1ccc(Oc2ccccc2)cc1. The predicted molar refractivity (Wildman–Crippen MR) is 181 cm³/mol. The van der Waals surface area contributed by atoms with Gasteiger partial charge in [0, 0.05) is 36.9 Å². The van der Waals surface area contributed by atoms with Crippen LogP contribution in [-0.4, -0.2) is 65.7 Å². The summed E-state index contributed by atoms with van der Waals surface area (Å²) in [7, 11) is 1.99. The van der Waals surface area contributed by atoms with E-state index in [4.69, 9.17) is 9.47 Å². The molecule has 258 valence electrons. The Morgan fingerprint density at radius 2 is 1.61 bits per heavy atom. The molecular formula is C37H39F3N4O5. The summed E-state index contributed by atoms with van der Waals surface area (Å²) in [6.45, 7) is 5.03. The number of para-hydroxylation sites is 1. The summed E-state index contributed by atoms with van der Waals surface area (Å²) in [5, 5.41) is 15.1. The topological polar surface area (TPSA) is 103 Å². The lowest BCUT2D eigenvalue weighted by Gasteiger charge is -2.38. The maximum Gasteiger partial charge on any atom is 0.416 e. The zero-order valence-corrected chi connectivity index (χ0v) is 27.4. The highest BCUT2D eigenvalue weighted by Crippen LogP contribution is 2.32. The van der Waals surface area contributed by atoms with Gasteiger partial charge in [0.2, 0.25) is 0 Å². The third kappa shape index (κ3) is 9.30. The monoisotopic (exact) mass is 676 g/mol. The fourth-order valence-electron chi connectivity index (χ4n) is 5.53. The molecule has 4 aromatic carbocycles. The molecule has 0 saturated carbocycles. The van der Waals surface area contributed by atoms with E-state index in [1.807, 2.05) is 68.6 Å². The quantitative estimate of drug-likeness (QED) is 0.161. The van der Waals surface area contributed by atoms with Gasteiger partial charge in [-0.1, -0.05) is 37.3 Å². The van der Waals surface area contributed by atoms with E-state index < -0.39 is 23.8 Å². The van der Waals surface area contributed by atoms with E-state index in [1.165, 1.54) is 6.07 Å². The van der Waals surface area contributed by atoms with Crippen molar-refractivity contribution in [1.82, 2.24) is 9.80 Å². The number of nitrogens with zero attached hydrogens (tertiary/aromatic N) is 2. The second-order valence-corrected chi connectivity index (χ2v) is 12.2. The van der Waals surface area contributed by atoms with Crippen molar-refractivity contribution in [1.29, 1.82) is 0 Å². The van der Waals surface area contributed by atoms with Crippen molar-refractivity contribution >= 4 is 23.3 Å². The number of amides is 3. The van der Waals surface area contributed by atoms with Gasteiger partial charge in [-0.15, -0.1) is 0 Å². The van der Waals surface area contributed by atoms with Gasteiger partial charge < -0.3 is 30.1 Å². The summed E-state index contributed by atoms with van der Waals surface area (Å²) < 4.78 is 51.1. The molecule has 9 nitrogen and oxygen atoms in total. The first-order valence-corrected chi connectivity index (χ1v) is 15.9. The van der Waals surface area contributed by atoms with Gasteiger partial charge >= 0.3 is 12.2 Å². The van der Waals surface area contributed by atoms with E-state index in [-0.39, 0.29) is 41.5 Å². The number of benzene rings is 4. The Morgan fingerprint density at radius 1 is 0.980 bits per heavy atom. The lowest BCUT2D eigenvalue weighted by atomic mass is 9.99. The Labute approximate surface area is 283 Å². The molecule has 3 amide bonds. The van der Waals surface area contributed by atoms with Gasteiger partial charge in [-0.3, -0.25) is 9.69 Å². The van der Waals surface area contributed by atoms with Gasteiger partial charge in [0.1, 0.15) is 23.4 Å². The number of alkyl halides is 3. The molecule has 3 atom stereocenters. The van der Waals surface area contributed by atoms with E-state index in [9.17, 15) is 27.9 Å². The van der Waals surface area contributed by atoms with Crippen LogP contribution in [0.2, 0.25) is 0 Å². The fourth-order valence-corrected chi connectivity index (χ4v) is 5.53. The van der Waals surface area contributed by atoms with Crippen molar-refractivity contribution in [2.75, 3.05) is 37.4 Å². The molecule has 1 heterocycles. The number of urea groups is 1. The molecule has 0 saturated heterocycles. The number of anilines is 2. The molecule has 1 aliphatic rings. The molecule has 0 bridgehead atoms. The fraction of sp³-hybridized carbons (Fsp3) is 0.297. The highest BCUT2D eigenvalue weighted by atomic mass is 19.4. The van der Waals surface area contributed by atoms with E-state index >= 15 is 0 Å². The molecule has 0 aromatic heterocycles. The standard InChI is InChI=1S/C37H39F3N4O5/c1-24-20-44(25(2)23-45)35(46)32-19-29(42-36(47)41-28-13-11-27(12-14-28)37(38,39)40)15-18-33(32)49-34(24)22-43(3)21-26-9-16-31(17-10-26)48-30-7-5-4-6-8-30/h4-19,24-25,34,45H,20-23H2,1-3H3,(H2,41,42,47)/t24-,25-,34-/m0/s1. The van der Waals surface area contributed by atoms with Gasteiger partial charge in [0.15, 0.2) is 0 Å². The van der Waals surface area contributed by atoms with E-state index in [2.05, 4.69) is 15.5 Å². The number of aliphatic hydroxyl groups excluding tert-OH is 1. The summed E-state index contributed by atoms with van der Waals surface area (Å²) in [5.41, 5.74) is 0.900. The van der Waals surface area contributed by atoms with E-state index in [1.54, 1.807) is 24.0 Å². The number of nitrogens with one attached hydrogen (secondary N) is 2. The van der Waals surface area contributed by atoms with Crippen molar-refractivity contribution in [2.24, 2.45) is 5.92 Å². The van der Waals surface area contributed by atoms with Crippen LogP contribution >= 0.6 is 0 Å². The van der Waals surface area contributed by atoms with Crippen LogP contribution in [0.25, 0.3) is 0 Å². The molecule has 0 aliphatic carbocycles. The normalized spacial score (nSPS) is 17.0. The Morgan fingerprint density at radius 3 is 2.27 bits per heavy atom. The van der Waals surface area contributed by atoms with Crippen LogP contribution in [0.5, 0.6) is 17.2 Å². The number of carbonyl (C=O) groups excluding carboxylic acids is 2. The highest BCUT2D eigenvalue weighted by Gasteiger charge is 2.34. The van der Waals surface area contributed by atoms with E-state index in [0.717, 1.165) is 41.3 Å². The zero-order chi connectivity index (χ0) is 35.1. The highest BCUT2D eigenvalue weighted by molar-refractivity contribution is 6.02. The molecule has 0 spiro atoms. The molecule has 3 N–H and O–H groups in total. The average molecular weight is 677 g/mol. The molecule has 4 aromatic rings. The van der Waals surface area contributed by atoms with Crippen LogP contribution in [0.3, 0.4) is 0 Å². The van der Waals surface area contributed by atoms with Crippen LogP contribution < -0.4 is 20.1 Å². The summed E-state index contributed by atoms with van der Waals surface area (Å²) in [4.78, 5) is 30.2. The number of fused-ring (bicyclic) bond motifs is 1. The number of hydrogen-bond acceptors (Lipinski definition) is 6. The third-order valence-corrected chi connectivity index (χ3v) is 8.24. The maximum absolute atomic E-state index is 13.8. The van der Waals surface area contributed by atoms with Crippen LogP contribution in [0, 0.1) is 5.92 Å². The molecule has 0 fully saturated rings. The second-order valence-electron chi connectivity index (χ2n) is 12.2. The lowest BCUT2D eigenvalue weighted by Crippen LogP contribution is -2.49. The van der Waals surface area contributed by atoms with Gasteiger partial charge in [-0.25, -0.2) is 4.79 Å². The first-order valence-electron chi connectivity index (χ1n) is 15.9. The molecule has 1 aliphatic heterocycles. The summed E-state index contributed by atoms with van der Waals surface area (Å²) in [5.74, 6) is 1.37. The summed E-state index contributed by atoms with van der Waals surface area (Å²) >= 11 is 0. The van der Waals surface area contributed by atoms with Crippen LogP contribution in [-0.2, 0) is 12.7 Å². The lowest BCUT2D eigenvalue weighted by molar-refractivity contribution is -0.137. The van der Waals surface area contributed by atoms with Crippen LogP contribution in [0.15, 0.2) is 97.1 Å². The van der Waals surface area contributed by atoms with Gasteiger partial charge in [0.25, 0.3) is 5.91 Å². The number of likely N-dealkylation sites (N-methyl/N-ethyl adjacent to an activating group) is 1. The zero-order valence-electron chi connectivity index (χ0n) is 27.4. The number of carbonyl (C=O) groups is 2. The molecule has 49 heavy (non-hydrogen) atoms. The number of hydrogen-bond donors (Lipinski definition) is 3. The first kappa shape index (κ1) is 35.2. The molecular weight excluding hydrogens is 637 g/mol. The minimum absolute atomic E-state index is 0.0949.